The summed E-state index contributed by atoms with van der Waals surface area (Å²) in [6.45, 7) is 3.29. The number of aliphatic hydroxyl groups excluding tert-OH is 1. The summed E-state index contributed by atoms with van der Waals surface area (Å²) in [5.74, 6) is -0.405. The molecule has 3 aromatic rings. The van der Waals surface area contributed by atoms with Gasteiger partial charge in [0.25, 0.3) is 15.9 Å². The maximum atomic E-state index is 13.7. The Bertz CT molecular complexity index is 1610. The van der Waals surface area contributed by atoms with Crippen molar-refractivity contribution in [3.8, 4) is 11.5 Å². The first-order valence-electron chi connectivity index (χ1n) is 13.3. The number of nitrogens with zero attached hydrogens (tertiary/aromatic N) is 2. The second-order valence-corrected chi connectivity index (χ2v) is 13.9. The van der Waals surface area contributed by atoms with E-state index in [0.717, 1.165) is 0 Å². The van der Waals surface area contributed by atoms with Gasteiger partial charge in [-0.2, -0.15) is 4.31 Å². The van der Waals surface area contributed by atoms with Crippen LogP contribution in [0.15, 0.2) is 82.6 Å². The molecule has 4 rings (SSSR count). The third kappa shape index (κ3) is 6.54. The number of anilines is 1. The van der Waals surface area contributed by atoms with E-state index in [-0.39, 0.29) is 46.5 Å². The lowest BCUT2D eigenvalue weighted by Gasteiger charge is -2.38. The van der Waals surface area contributed by atoms with Gasteiger partial charge in [-0.3, -0.25) is 9.52 Å². The SMILES string of the molecule is COc1ccc(S(=O)(=O)Nc2cccc3c2O[C@H](CN(C)S(=O)(=O)c2ccccc2)[C@@H](C)CN([C@H](C)CO)C3=O)cc1. The second kappa shape index (κ2) is 12.7. The number of amides is 1. The van der Waals surface area contributed by atoms with Gasteiger partial charge >= 0.3 is 0 Å². The molecule has 0 saturated heterocycles. The summed E-state index contributed by atoms with van der Waals surface area (Å²) in [5.41, 5.74) is 0.0941. The zero-order valence-electron chi connectivity index (χ0n) is 23.8. The molecular weight excluding hydrogens is 582 g/mol. The number of benzene rings is 3. The van der Waals surface area contributed by atoms with E-state index in [1.807, 2.05) is 6.92 Å². The van der Waals surface area contributed by atoms with Crippen molar-refractivity contribution in [3.05, 3.63) is 78.4 Å². The lowest BCUT2D eigenvalue weighted by molar-refractivity contribution is 0.0389. The standard InChI is InChI=1S/C29H35N3O8S2/c1-20-17-32(21(2)19-33)29(34)25-11-8-12-26(30-41(35,36)23-15-13-22(39-4)14-16-23)28(25)40-27(20)18-31(3)42(37,38)24-9-6-5-7-10-24/h5-16,20-21,27,30,33H,17-19H2,1-4H3/t20-,21+,27+/m0/s1. The zero-order valence-corrected chi connectivity index (χ0v) is 25.4. The first-order valence-corrected chi connectivity index (χ1v) is 16.2. The summed E-state index contributed by atoms with van der Waals surface area (Å²) >= 11 is 0. The monoisotopic (exact) mass is 617 g/mol. The van der Waals surface area contributed by atoms with E-state index in [0.29, 0.717) is 5.75 Å². The van der Waals surface area contributed by atoms with E-state index < -0.39 is 44.0 Å². The number of para-hydroxylation sites is 1. The molecule has 0 aromatic heterocycles. The number of hydrogen-bond donors (Lipinski definition) is 2. The van der Waals surface area contributed by atoms with Gasteiger partial charge in [0.15, 0.2) is 5.75 Å². The van der Waals surface area contributed by atoms with Crippen molar-refractivity contribution >= 4 is 31.6 Å². The van der Waals surface area contributed by atoms with Gasteiger partial charge in [0.05, 0.1) is 47.3 Å². The van der Waals surface area contributed by atoms with Gasteiger partial charge in [0.2, 0.25) is 10.0 Å². The van der Waals surface area contributed by atoms with E-state index in [4.69, 9.17) is 9.47 Å². The highest BCUT2D eigenvalue weighted by atomic mass is 32.2. The van der Waals surface area contributed by atoms with E-state index in [1.165, 1.54) is 78.0 Å². The Hall–Kier alpha value is -3.65. The number of carbonyl (C=O) groups excluding carboxylic acids is 1. The molecule has 0 fully saturated rings. The molecule has 42 heavy (non-hydrogen) atoms. The molecule has 3 aromatic carbocycles. The molecule has 11 nitrogen and oxygen atoms in total. The van der Waals surface area contributed by atoms with Crippen LogP contribution in [0, 0.1) is 5.92 Å². The minimum absolute atomic E-state index is 0.0148. The van der Waals surface area contributed by atoms with Gasteiger partial charge in [0, 0.05) is 19.5 Å². The average Bonchev–Trinajstić information content (AvgIpc) is 2.99. The largest absolute Gasteiger partial charge is 0.497 e. The smallest absolute Gasteiger partial charge is 0.262 e. The van der Waals surface area contributed by atoms with Crippen LogP contribution in [0.2, 0.25) is 0 Å². The van der Waals surface area contributed by atoms with Gasteiger partial charge in [-0.05, 0) is 55.5 Å². The molecule has 1 heterocycles. The van der Waals surface area contributed by atoms with Crippen LogP contribution >= 0.6 is 0 Å². The lowest BCUT2D eigenvalue weighted by Crippen LogP contribution is -2.50. The number of fused-ring (bicyclic) bond motifs is 1. The molecule has 0 aliphatic carbocycles. The Morgan fingerprint density at radius 2 is 1.69 bits per heavy atom. The third-order valence-corrected chi connectivity index (χ3v) is 10.4. The molecule has 0 unspecified atom stereocenters. The Labute approximate surface area is 246 Å². The first kappa shape index (κ1) is 31.3. The Morgan fingerprint density at radius 1 is 1.02 bits per heavy atom. The van der Waals surface area contributed by atoms with Gasteiger partial charge in [-0.25, -0.2) is 16.8 Å². The fraction of sp³-hybridized carbons (Fsp3) is 0.345. The molecule has 1 aliphatic rings. The van der Waals surface area contributed by atoms with Gasteiger partial charge < -0.3 is 19.5 Å². The van der Waals surface area contributed by atoms with Crippen LogP contribution in [0.1, 0.15) is 24.2 Å². The number of ether oxygens (including phenoxy) is 2. The van der Waals surface area contributed by atoms with Crippen molar-refractivity contribution in [2.75, 3.05) is 38.6 Å². The number of hydrogen-bond acceptors (Lipinski definition) is 8. The number of nitrogens with one attached hydrogen (secondary N) is 1. The number of methoxy groups -OCH3 is 1. The molecule has 1 aliphatic heterocycles. The highest BCUT2D eigenvalue weighted by molar-refractivity contribution is 7.92. The van der Waals surface area contributed by atoms with Gasteiger partial charge in [-0.15, -0.1) is 0 Å². The number of sulfonamides is 2. The minimum atomic E-state index is -4.11. The molecule has 0 saturated carbocycles. The highest BCUT2D eigenvalue weighted by Crippen LogP contribution is 2.36. The normalized spacial score (nSPS) is 18.4. The molecule has 13 heteroatoms. The van der Waals surface area contributed by atoms with Crippen molar-refractivity contribution in [1.29, 1.82) is 0 Å². The zero-order chi connectivity index (χ0) is 30.7. The molecule has 3 atom stereocenters. The molecule has 2 N–H and O–H groups in total. The van der Waals surface area contributed by atoms with Crippen molar-refractivity contribution in [1.82, 2.24) is 9.21 Å². The number of likely N-dealkylation sites (N-methyl/N-ethyl adjacent to an activating group) is 1. The first-order chi connectivity index (χ1) is 19.9. The fourth-order valence-electron chi connectivity index (χ4n) is 4.62. The topological polar surface area (TPSA) is 143 Å². The van der Waals surface area contributed by atoms with Crippen LogP contribution < -0.4 is 14.2 Å². The molecule has 0 bridgehead atoms. The number of carbonyl (C=O) groups is 1. The van der Waals surface area contributed by atoms with Crippen LogP contribution in [0.25, 0.3) is 0 Å². The second-order valence-electron chi connectivity index (χ2n) is 10.2. The van der Waals surface area contributed by atoms with Crippen LogP contribution in [-0.4, -0.2) is 83.1 Å². The van der Waals surface area contributed by atoms with Crippen LogP contribution in [0.4, 0.5) is 5.69 Å². The summed E-state index contributed by atoms with van der Waals surface area (Å²) in [7, 11) is -5.08. The minimum Gasteiger partial charge on any atom is -0.497 e. The van der Waals surface area contributed by atoms with Crippen molar-refractivity contribution in [2.24, 2.45) is 5.92 Å². The van der Waals surface area contributed by atoms with Crippen molar-refractivity contribution in [3.63, 3.8) is 0 Å². The molecule has 0 spiro atoms. The molecule has 0 radical (unpaired) electrons. The summed E-state index contributed by atoms with van der Waals surface area (Å²) in [6.07, 6.45) is -0.791. The Balaban J connectivity index is 1.75. The molecular formula is C29H35N3O8S2. The maximum Gasteiger partial charge on any atom is 0.262 e. The van der Waals surface area contributed by atoms with Crippen LogP contribution in [0.5, 0.6) is 11.5 Å². The number of rotatable bonds is 10. The van der Waals surface area contributed by atoms with E-state index >= 15 is 0 Å². The lowest BCUT2D eigenvalue weighted by atomic mass is 9.99. The predicted octanol–water partition coefficient (Wildman–Crippen LogP) is 3.04. The maximum absolute atomic E-state index is 13.7. The van der Waals surface area contributed by atoms with E-state index in [9.17, 15) is 26.7 Å². The third-order valence-electron chi connectivity index (χ3n) is 7.19. The van der Waals surface area contributed by atoms with Crippen molar-refractivity contribution in [2.45, 2.75) is 35.8 Å². The molecule has 1 amide bonds. The summed E-state index contributed by atoms with van der Waals surface area (Å²) < 4.78 is 68.5. The average molecular weight is 618 g/mol. The Morgan fingerprint density at radius 3 is 2.31 bits per heavy atom. The quantitative estimate of drug-likeness (QED) is 0.354. The van der Waals surface area contributed by atoms with Crippen molar-refractivity contribution < 1.29 is 36.2 Å². The van der Waals surface area contributed by atoms with E-state index in [2.05, 4.69) is 4.72 Å². The predicted molar refractivity (Wildman–Crippen MR) is 158 cm³/mol. The van der Waals surface area contributed by atoms with Gasteiger partial charge in [-0.1, -0.05) is 31.2 Å². The summed E-state index contributed by atoms with van der Waals surface area (Å²) in [6, 6.07) is 17.7. The number of aliphatic hydroxyl groups is 1. The summed E-state index contributed by atoms with van der Waals surface area (Å²) in [5, 5.41) is 9.90. The van der Waals surface area contributed by atoms with Crippen LogP contribution in [0.3, 0.4) is 0 Å². The fourth-order valence-corrected chi connectivity index (χ4v) is 6.89. The Kier molecular flexibility index (Phi) is 9.46. The summed E-state index contributed by atoms with van der Waals surface area (Å²) in [4.78, 5) is 15.3. The van der Waals surface area contributed by atoms with E-state index in [1.54, 1.807) is 25.1 Å². The van der Waals surface area contributed by atoms with Gasteiger partial charge in [0.1, 0.15) is 11.9 Å². The van der Waals surface area contributed by atoms with Crippen LogP contribution in [-0.2, 0) is 20.0 Å². The molecule has 226 valence electrons. The highest BCUT2D eigenvalue weighted by Gasteiger charge is 2.36.